The van der Waals surface area contributed by atoms with Gasteiger partial charge in [0.05, 0.1) is 31.3 Å². The minimum Gasteiger partial charge on any atom is -0.394 e. The number of aliphatic hydroxyl groups is 3. The van der Waals surface area contributed by atoms with E-state index < -0.39 is 18.2 Å². The maximum Gasteiger partial charge on any atom is 0.222 e. The normalized spacial score (nSPS) is 13.3. The third-order valence-corrected chi connectivity index (χ3v) is 14.1. The maximum atomic E-state index is 12.6. The molecule has 0 aromatic rings. The Morgan fingerprint density at radius 1 is 0.375 bits per heavy atom. The van der Waals surface area contributed by atoms with Crippen LogP contribution in [0.2, 0.25) is 0 Å². The van der Waals surface area contributed by atoms with Gasteiger partial charge < -0.3 is 20.6 Å². The molecule has 5 heteroatoms. The van der Waals surface area contributed by atoms with Gasteiger partial charge in [0.15, 0.2) is 0 Å². The molecule has 0 radical (unpaired) electrons. The lowest BCUT2D eigenvalue weighted by Gasteiger charge is -2.23. The van der Waals surface area contributed by atoms with Gasteiger partial charge in [-0.1, -0.05) is 302 Å². The van der Waals surface area contributed by atoms with Gasteiger partial charge in [-0.3, -0.25) is 4.79 Å². The number of unbranched alkanes of at least 4 members (excludes halogenated alkanes) is 44. The van der Waals surface area contributed by atoms with Crippen LogP contribution in [0.4, 0.5) is 0 Å². The summed E-state index contributed by atoms with van der Waals surface area (Å²) in [6.07, 6.45) is 68.1. The van der Waals surface area contributed by atoms with Crippen LogP contribution in [0.15, 0.2) is 12.2 Å². The predicted octanol–water partition coefficient (Wildman–Crippen LogP) is 18.3. The van der Waals surface area contributed by atoms with Crippen molar-refractivity contribution < 1.29 is 20.1 Å². The van der Waals surface area contributed by atoms with Gasteiger partial charge >= 0.3 is 0 Å². The summed E-state index contributed by atoms with van der Waals surface area (Å²) >= 11 is 0. The summed E-state index contributed by atoms with van der Waals surface area (Å²) in [5.41, 5.74) is 0. The number of amides is 1. The molecule has 0 aliphatic carbocycles. The van der Waals surface area contributed by atoms with Gasteiger partial charge in [-0.15, -0.1) is 0 Å². The Bertz CT molecular complexity index is 909. The maximum absolute atomic E-state index is 12.6. The fraction of sp³-hybridized carbons (Fsp3) is 0.949. The van der Waals surface area contributed by atoms with Crippen LogP contribution in [0.1, 0.15) is 335 Å². The minimum absolute atomic E-state index is 0.0405. The molecule has 0 aliphatic rings. The summed E-state index contributed by atoms with van der Waals surface area (Å²) in [7, 11) is 0. The van der Waals surface area contributed by atoms with Crippen LogP contribution in [-0.2, 0) is 4.79 Å². The third kappa shape index (κ3) is 50.5. The molecule has 0 saturated heterocycles. The van der Waals surface area contributed by atoms with Crippen molar-refractivity contribution in [2.24, 2.45) is 0 Å². The van der Waals surface area contributed by atoms with E-state index in [0.717, 1.165) is 25.7 Å². The van der Waals surface area contributed by atoms with E-state index in [1.54, 1.807) is 0 Å². The Labute approximate surface area is 401 Å². The molecule has 382 valence electrons. The van der Waals surface area contributed by atoms with E-state index in [-0.39, 0.29) is 18.9 Å². The number of allylic oxidation sites excluding steroid dienone is 2. The summed E-state index contributed by atoms with van der Waals surface area (Å²) < 4.78 is 0. The number of carbonyl (C=O) groups is 1. The second-order valence-corrected chi connectivity index (χ2v) is 20.6. The molecule has 5 nitrogen and oxygen atoms in total. The first-order valence-corrected chi connectivity index (χ1v) is 29.5. The zero-order valence-corrected chi connectivity index (χ0v) is 43.7. The monoisotopic (exact) mass is 904 g/mol. The molecule has 1 amide bonds. The summed E-state index contributed by atoms with van der Waals surface area (Å²) in [5, 5.41) is 33.7. The van der Waals surface area contributed by atoms with Crippen LogP contribution in [-0.4, -0.2) is 46.1 Å². The van der Waals surface area contributed by atoms with E-state index in [0.29, 0.717) is 12.8 Å². The molecule has 0 spiro atoms. The molecule has 0 rings (SSSR count). The molecule has 0 aliphatic heterocycles. The molecule has 0 aromatic carbocycles. The quantitative estimate of drug-likeness (QED) is 0.0362. The highest BCUT2D eigenvalue weighted by Gasteiger charge is 2.21. The van der Waals surface area contributed by atoms with Crippen molar-refractivity contribution in [3.63, 3.8) is 0 Å². The largest absolute Gasteiger partial charge is 0.394 e. The molecule has 3 unspecified atom stereocenters. The van der Waals surface area contributed by atoms with Crippen molar-refractivity contribution in [2.45, 2.75) is 353 Å². The van der Waals surface area contributed by atoms with Crippen molar-refractivity contribution in [3.05, 3.63) is 12.2 Å². The van der Waals surface area contributed by atoms with E-state index in [2.05, 4.69) is 31.3 Å². The fourth-order valence-corrected chi connectivity index (χ4v) is 9.58. The van der Waals surface area contributed by atoms with E-state index in [4.69, 9.17) is 0 Å². The second-order valence-electron chi connectivity index (χ2n) is 20.6. The van der Waals surface area contributed by atoms with Crippen LogP contribution >= 0.6 is 0 Å². The second kappa shape index (κ2) is 54.7. The Kier molecular flexibility index (Phi) is 53.9. The molecule has 64 heavy (non-hydrogen) atoms. The first-order chi connectivity index (χ1) is 31.5. The molecular formula is C59H117NO4. The summed E-state index contributed by atoms with van der Waals surface area (Å²) in [6, 6.07) is -0.657. The first-order valence-electron chi connectivity index (χ1n) is 29.5. The Morgan fingerprint density at radius 2 is 0.625 bits per heavy atom. The van der Waals surface area contributed by atoms with Crippen LogP contribution in [0.25, 0.3) is 0 Å². The van der Waals surface area contributed by atoms with Crippen LogP contribution in [0.5, 0.6) is 0 Å². The van der Waals surface area contributed by atoms with Crippen molar-refractivity contribution in [3.8, 4) is 0 Å². The fourth-order valence-electron chi connectivity index (χ4n) is 9.58. The van der Waals surface area contributed by atoms with Crippen molar-refractivity contribution in [1.82, 2.24) is 5.32 Å². The number of hydrogen-bond acceptors (Lipinski definition) is 4. The van der Waals surface area contributed by atoms with E-state index in [1.165, 1.54) is 276 Å². The first kappa shape index (κ1) is 63.1. The van der Waals surface area contributed by atoms with E-state index in [9.17, 15) is 20.1 Å². The third-order valence-electron chi connectivity index (χ3n) is 14.1. The number of aliphatic hydroxyl groups excluding tert-OH is 3. The molecule has 0 aromatic heterocycles. The smallest absolute Gasteiger partial charge is 0.222 e. The van der Waals surface area contributed by atoms with Crippen LogP contribution < -0.4 is 5.32 Å². The summed E-state index contributed by atoms with van der Waals surface area (Å²) in [6.45, 7) is 4.31. The standard InChI is InChI=1S/C59H117NO4/c1-3-5-7-9-11-13-15-17-19-21-23-25-26-27-28-29-30-31-33-34-36-38-40-42-44-46-48-50-52-56(62)54-59(64)60-57(55-61)58(63)53-51-49-47-45-43-41-39-37-35-32-24-22-20-18-16-14-12-10-8-6-4-2/h27-28,56-58,61-63H,3-26,29-55H2,1-2H3,(H,60,64)/b28-27-. The molecule has 0 saturated carbocycles. The van der Waals surface area contributed by atoms with Crippen molar-refractivity contribution >= 4 is 5.91 Å². The van der Waals surface area contributed by atoms with Gasteiger partial charge in [-0.05, 0) is 38.5 Å². The van der Waals surface area contributed by atoms with Gasteiger partial charge in [0.2, 0.25) is 5.91 Å². The molecule has 0 fully saturated rings. The van der Waals surface area contributed by atoms with Gasteiger partial charge in [0.25, 0.3) is 0 Å². The zero-order chi connectivity index (χ0) is 46.5. The average Bonchev–Trinajstić information content (AvgIpc) is 3.29. The SMILES string of the molecule is CCCCCCCCCCCCCC/C=C\CCCCCCCCCCCCCCC(O)CC(=O)NC(CO)C(O)CCCCCCCCCCCCCCCCCCCCCCC. The predicted molar refractivity (Wildman–Crippen MR) is 282 cm³/mol. The van der Waals surface area contributed by atoms with E-state index in [1.807, 2.05) is 0 Å². The highest BCUT2D eigenvalue weighted by Crippen LogP contribution is 2.18. The van der Waals surface area contributed by atoms with Crippen molar-refractivity contribution in [1.29, 1.82) is 0 Å². The molecule has 3 atom stereocenters. The number of nitrogens with one attached hydrogen (secondary N) is 1. The Hall–Kier alpha value is -0.910. The summed E-state index contributed by atoms with van der Waals surface area (Å²) in [5.74, 6) is -0.276. The zero-order valence-electron chi connectivity index (χ0n) is 43.7. The molecule has 0 heterocycles. The Balaban J connectivity index is 3.49. The summed E-state index contributed by atoms with van der Waals surface area (Å²) in [4.78, 5) is 12.6. The molecular weight excluding hydrogens is 787 g/mol. The molecule has 0 bridgehead atoms. The number of hydrogen-bond donors (Lipinski definition) is 4. The number of carbonyl (C=O) groups excluding carboxylic acids is 1. The number of rotatable bonds is 55. The Morgan fingerprint density at radius 3 is 0.906 bits per heavy atom. The lowest BCUT2D eigenvalue weighted by Crippen LogP contribution is -2.46. The van der Waals surface area contributed by atoms with Crippen LogP contribution in [0, 0.1) is 0 Å². The lowest BCUT2D eigenvalue weighted by atomic mass is 10.0. The van der Waals surface area contributed by atoms with Crippen LogP contribution in [0.3, 0.4) is 0 Å². The van der Waals surface area contributed by atoms with Gasteiger partial charge in [-0.2, -0.15) is 0 Å². The highest BCUT2D eigenvalue weighted by molar-refractivity contribution is 5.76. The topological polar surface area (TPSA) is 89.8 Å². The highest BCUT2D eigenvalue weighted by atomic mass is 16.3. The van der Waals surface area contributed by atoms with Gasteiger partial charge in [-0.25, -0.2) is 0 Å². The van der Waals surface area contributed by atoms with E-state index >= 15 is 0 Å². The van der Waals surface area contributed by atoms with Gasteiger partial charge in [0, 0.05) is 0 Å². The minimum atomic E-state index is -0.748. The average molecular weight is 905 g/mol. The molecule has 4 N–H and O–H groups in total. The lowest BCUT2D eigenvalue weighted by molar-refractivity contribution is -0.125. The van der Waals surface area contributed by atoms with Crippen molar-refractivity contribution in [2.75, 3.05) is 6.61 Å². The van der Waals surface area contributed by atoms with Gasteiger partial charge in [0.1, 0.15) is 0 Å².